The predicted molar refractivity (Wildman–Crippen MR) is 107 cm³/mol. The second kappa shape index (κ2) is 7.76. The molecule has 0 unspecified atom stereocenters. The monoisotopic (exact) mass is 382 g/mol. The summed E-state index contributed by atoms with van der Waals surface area (Å²) < 4.78 is 5.17. The van der Waals surface area contributed by atoms with Gasteiger partial charge in [-0.1, -0.05) is 23.7 Å². The molecule has 1 heterocycles. The Morgan fingerprint density at radius 3 is 2.70 bits per heavy atom. The van der Waals surface area contributed by atoms with Gasteiger partial charge in [0.05, 0.1) is 17.8 Å². The zero-order chi connectivity index (χ0) is 19.6. The Morgan fingerprint density at radius 1 is 1.22 bits per heavy atom. The number of esters is 1. The van der Waals surface area contributed by atoms with Crippen molar-refractivity contribution in [1.82, 2.24) is 4.98 Å². The molecule has 0 aliphatic rings. The van der Waals surface area contributed by atoms with E-state index in [1.165, 1.54) is 13.1 Å². The first-order valence-corrected chi connectivity index (χ1v) is 8.92. The molecule has 1 aromatic heterocycles. The molecule has 138 valence electrons. The first-order valence-electron chi connectivity index (χ1n) is 8.54. The molecule has 0 radical (unpaired) electrons. The quantitative estimate of drug-likeness (QED) is 0.477. The molecule has 27 heavy (non-hydrogen) atoms. The third-order valence-electron chi connectivity index (χ3n) is 4.16. The lowest BCUT2D eigenvalue weighted by Crippen LogP contribution is -2.09. The molecule has 5 nitrogen and oxygen atoms in total. The molecule has 0 saturated heterocycles. The molecule has 0 aliphatic carbocycles. The number of carbonyl (C=O) groups excluding carboxylic acids is 2. The summed E-state index contributed by atoms with van der Waals surface area (Å²) in [6.45, 7) is 5.42. The highest BCUT2D eigenvalue weighted by atomic mass is 35.5. The summed E-state index contributed by atoms with van der Waals surface area (Å²) in [5.74, 6) is -0.516. The van der Waals surface area contributed by atoms with E-state index in [0.717, 1.165) is 11.1 Å². The highest BCUT2D eigenvalue weighted by Crippen LogP contribution is 2.33. The normalized spacial score (nSPS) is 10.7. The van der Waals surface area contributed by atoms with Crippen LogP contribution in [0, 0.1) is 6.92 Å². The van der Waals surface area contributed by atoms with Crippen molar-refractivity contribution in [3.63, 3.8) is 0 Å². The van der Waals surface area contributed by atoms with Gasteiger partial charge in [0.1, 0.15) is 5.56 Å². The highest BCUT2D eigenvalue weighted by molar-refractivity contribution is 6.31. The minimum Gasteiger partial charge on any atom is -0.462 e. The van der Waals surface area contributed by atoms with Crippen LogP contribution in [0.25, 0.3) is 10.9 Å². The zero-order valence-electron chi connectivity index (χ0n) is 15.3. The predicted octanol–water partition coefficient (Wildman–Crippen LogP) is 5.32. The standard InChI is InChI=1S/C21H19ClN2O3/c1-4-27-21(26)18-11-23-19-12(2)8-15(22)10-17(19)20(18)24-16-7-5-6-14(9-16)13(3)25/h5-11H,4H2,1-3H3,(H,23,24). The van der Waals surface area contributed by atoms with Crippen LogP contribution >= 0.6 is 11.6 Å². The van der Waals surface area contributed by atoms with Crippen LogP contribution in [0.1, 0.15) is 40.1 Å². The maximum atomic E-state index is 12.5. The molecule has 0 fully saturated rings. The number of aromatic nitrogens is 1. The van der Waals surface area contributed by atoms with Crippen molar-refractivity contribution >= 4 is 45.6 Å². The number of nitrogens with zero attached hydrogens (tertiary/aromatic N) is 1. The minimum atomic E-state index is -0.477. The maximum absolute atomic E-state index is 12.5. The van der Waals surface area contributed by atoms with Crippen molar-refractivity contribution in [3.8, 4) is 0 Å². The molecular formula is C21H19ClN2O3. The van der Waals surface area contributed by atoms with Crippen molar-refractivity contribution in [1.29, 1.82) is 0 Å². The summed E-state index contributed by atoms with van der Waals surface area (Å²) in [5.41, 5.74) is 3.73. The lowest BCUT2D eigenvalue weighted by molar-refractivity contribution is 0.0527. The molecule has 0 bridgehead atoms. The van der Waals surface area contributed by atoms with E-state index in [9.17, 15) is 9.59 Å². The lowest BCUT2D eigenvalue weighted by atomic mass is 10.0. The molecule has 0 saturated carbocycles. The van der Waals surface area contributed by atoms with Crippen LogP contribution in [-0.4, -0.2) is 23.3 Å². The fraction of sp³-hybridized carbons (Fsp3) is 0.190. The Balaban J connectivity index is 2.21. The SMILES string of the molecule is CCOC(=O)c1cnc2c(C)cc(Cl)cc2c1Nc1cccc(C(C)=O)c1. The summed E-state index contributed by atoms with van der Waals surface area (Å²) in [4.78, 5) is 28.6. The smallest absolute Gasteiger partial charge is 0.341 e. The van der Waals surface area contributed by atoms with Gasteiger partial charge < -0.3 is 10.1 Å². The number of aryl methyl sites for hydroxylation is 1. The van der Waals surface area contributed by atoms with Crippen LogP contribution in [0.5, 0.6) is 0 Å². The third kappa shape index (κ3) is 3.93. The van der Waals surface area contributed by atoms with Gasteiger partial charge in [-0.15, -0.1) is 0 Å². The van der Waals surface area contributed by atoms with Gasteiger partial charge in [-0.3, -0.25) is 9.78 Å². The van der Waals surface area contributed by atoms with Gasteiger partial charge >= 0.3 is 5.97 Å². The Kier molecular flexibility index (Phi) is 5.42. The average molecular weight is 383 g/mol. The Bertz CT molecular complexity index is 1050. The summed E-state index contributed by atoms with van der Waals surface area (Å²) in [5, 5.41) is 4.50. The summed E-state index contributed by atoms with van der Waals surface area (Å²) in [7, 11) is 0. The number of halogens is 1. The molecule has 0 amide bonds. The van der Waals surface area contributed by atoms with E-state index in [-0.39, 0.29) is 12.4 Å². The van der Waals surface area contributed by atoms with Gasteiger partial charge in [0.15, 0.2) is 5.78 Å². The first kappa shape index (κ1) is 18.9. The van der Waals surface area contributed by atoms with E-state index < -0.39 is 5.97 Å². The second-order valence-corrected chi connectivity index (χ2v) is 6.58. The van der Waals surface area contributed by atoms with Crippen LogP contribution in [0.2, 0.25) is 5.02 Å². The molecule has 0 aliphatic heterocycles. The van der Waals surface area contributed by atoms with E-state index in [0.29, 0.717) is 32.9 Å². The van der Waals surface area contributed by atoms with Crippen LogP contribution in [0.3, 0.4) is 0 Å². The van der Waals surface area contributed by atoms with Gasteiger partial charge in [0.25, 0.3) is 0 Å². The van der Waals surface area contributed by atoms with Crippen LogP contribution in [0.4, 0.5) is 11.4 Å². The van der Waals surface area contributed by atoms with Gasteiger partial charge in [0.2, 0.25) is 0 Å². The number of benzene rings is 2. The highest BCUT2D eigenvalue weighted by Gasteiger charge is 2.18. The molecule has 2 aromatic carbocycles. The average Bonchev–Trinajstić information content (AvgIpc) is 2.62. The molecule has 1 N–H and O–H groups in total. The van der Waals surface area contributed by atoms with Crippen molar-refractivity contribution < 1.29 is 14.3 Å². The molecule has 6 heteroatoms. The summed E-state index contributed by atoms with van der Waals surface area (Å²) in [6.07, 6.45) is 1.50. The zero-order valence-corrected chi connectivity index (χ0v) is 16.1. The largest absolute Gasteiger partial charge is 0.462 e. The number of nitrogens with one attached hydrogen (secondary N) is 1. The number of pyridine rings is 1. The number of fused-ring (bicyclic) bond motifs is 1. The van der Waals surface area contributed by atoms with Crippen molar-refractivity contribution in [2.75, 3.05) is 11.9 Å². The van der Waals surface area contributed by atoms with Crippen molar-refractivity contribution in [3.05, 3.63) is 64.3 Å². The number of hydrogen-bond donors (Lipinski definition) is 1. The van der Waals surface area contributed by atoms with Gasteiger partial charge in [-0.25, -0.2) is 4.79 Å². The number of Topliss-reactive ketones (excluding diaryl/α,β-unsaturated/α-hetero) is 1. The number of carbonyl (C=O) groups is 2. The van der Waals surface area contributed by atoms with Crippen LogP contribution in [-0.2, 0) is 4.74 Å². The molecule has 0 atom stereocenters. The van der Waals surface area contributed by atoms with E-state index in [4.69, 9.17) is 16.3 Å². The molecule has 3 aromatic rings. The number of rotatable bonds is 5. The number of ketones is 1. The number of hydrogen-bond acceptors (Lipinski definition) is 5. The molecule has 0 spiro atoms. The van der Waals surface area contributed by atoms with Gasteiger partial charge in [0, 0.05) is 27.9 Å². The summed E-state index contributed by atoms with van der Waals surface area (Å²) >= 11 is 6.24. The summed E-state index contributed by atoms with van der Waals surface area (Å²) in [6, 6.07) is 10.7. The van der Waals surface area contributed by atoms with E-state index in [1.807, 2.05) is 19.1 Å². The van der Waals surface area contributed by atoms with E-state index in [2.05, 4.69) is 10.3 Å². The third-order valence-corrected chi connectivity index (χ3v) is 4.38. The van der Waals surface area contributed by atoms with Crippen LogP contribution < -0.4 is 5.32 Å². The molecule has 3 rings (SSSR count). The second-order valence-electron chi connectivity index (χ2n) is 6.15. The van der Waals surface area contributed by atoms with E-state index >= 15 is 0 Å². The van der Waals surface area contributed by atoms with Gasteiger partial charge in [-0.2, -0.15) is 0 Å². The van der Waals surface area contributed by atoms with E-state index in [1.54, 1.807) is 31.2 Å². The number of ether oxygens (including phenoxy) is 1. The Morgan fingerprint density at radius 2 is 2.00 bits per heavy atom. The molecular weight excluding hydrogens is 364 g/mol. The Hall–Kier alpha value is -2.92. The Labute approximate surface area is 162 Å². The van der Waals surface area contributed by atoms with Crippen molar-refractivity contribution in [2.45, 2.75) is 20.8 Å². The lowest BCUT2D eigenvalue weighted by Gasteiger charge is -2.16. The van der Waals surface area contributed by atoms with Crippen molar-refractivity contribution in [2.24, 2.45) is 0 Å². The fourth-order valence-electron chi connectivity index (χ4n) is 2.89. The fourth-order valence-corrected chi connectivity index (χ4v) is 3.17. The maximum Gasteiger partial charge on any atom is 0.341 e. The topological polar surface area (TPSA) is 68.3 Å². The number of anilines is 2. The minimum absolute atomic E-state index is 0.0391. The first-order chi connectivity index (χ1) is 12.9. The van der Waals surface area contributed by atoms with Crippen LogP contribution in [0.15, 0.2) is 42.6 Å². The van der Waals surface area contributed by atoms with Gasteiger partial charge in [-0.05, 0) is 50.6 Å².